The van der Waals surface area contributed by atoms with E-state index in [1.807, 2.05) is 12.1 Å². The molecule has 0 spiro atoms. The Hall–Kier alpha value is -3.94. The zero-order valence-electron chi connectivity index (χ0n) is 15.9. The molecule has 2 aromatic heterocycles. The van der Waals surface area contributed by atoms with E-state index in [1.165, 1.54) is 29.6 Å². The van der Waals surface area contributed by atoms with Crippen molar-refractivity contribution in [2.75, 3.05) is 11.1 Å². The van der Waals surface area contributed by atoms with E-state index in [-0.39, 0.29) is 17.6 Å². The summed E-state index contributed by atoms with van der Waals surface area (Å²) in [6, 6.07) is 12.6. The number of phenolic OH excluding ortho intramolecular Hbond substituents is 1. The molecule has 30 heavy (non-hydrogen) atoms. The van der Waals surface area contributed by atoms with E-state index in [2.05, 4.69) is 32.4 Å². The molecule has 6 N–H and O–H groups in total. The maximum Gasteiger partial charge on any atom is 0.165 e. The second-order valence-electron chi connectivity index (χ2n) is 7.45. The van der Waals surface area contributed by atoms with Gasteiger partial charge in [-0.05, 0) is 36.1 Å². The largest absolute Gasteiger partial charge is 0.505 e. The number of H-pyrrole nitrogens is 1. The molecule has 0 radical (unpaired) electrons. The van der Waals surface area contributed by atoms with Crippen molar-refractivity contribution in [3.05, 3.63) is 77.0 Å². The Morgan fingerprint density at radius 2 is 1.90 bits per heavy atom. The third-order valence-electron chi connectivity index (χ3n) is 5.48. The Bertz CT molecular complexity index is 1230. The van der Waals surface area contributed by atoms with Crippen molar-refractivity contribution in [2.24, 2.45) is 0 Å². The number of phenols is 1. The molecule has 0 amide bonds. The first kappa shape index (κ1) is 18.1. The molecule has 0 fully saturated rings. The number of benzene rings is 2. The summed E-state index contributed by atoms with van der Waals surface area (Å²) in [6.45, 7) is 0. The summed E-state index contributed by atoms with van der Waals surface area (Å²) in [5, 5.41) is 22.3. The number of nitrogen functional groups attached to an aromatic ring is 1. The van der Waals surface area contributed by atoms with E-state index in [9.17, 15) is 9.50 Å². The molecule has 8 heteroatoms. The van der Waals surface area contributed by atoms with Gasteiger partial charge in [-0.1, -0.05) is 24.3 Å². The summed E-state index contributed by atoms with van der Waals surface area (Å²) >= 11 is 0. The summed E-state index contributed by atoms with van der Waals surface area (Å²) in [5.41, 5.74) is 10.1. The first-order chi connectivity index (χ1) is 14.5. The predicted octanol–water partition coefficient (Wildman–Crippen LogP) is 3.38. The van der Waals surface area contributed by atoms with E-state index < -0.39 is 11.6 Å². The van der Waals surface area contributed by atoms with Crippen molar-refractivity contribution >= 4 is 28.3 Å². The van der Waals surface area contributed by atoms with Gasteiger partial charge in [0.2, 0.25) is 0 Å². The lowest BCUT2D eigenvalue weighted by atomic mass is 10.1. The zero-order valence-corrected chi connectivity index (χ0v) is 15.9. The third-order valence-corrected chi connectivity index (χ3v) is 5.48. The van der Waals surface area contributed by atoms with Crippen LogP contribution in [0.25, 0.3) is 10.9 Å². The van der Waals surface area contributed by atoms with Gasteiger partial charge in [0.1, 0.15) is 18.0 Å². The van der Waals surface area contributed by atoms with Gasteiger partial charge in [0.05, 0.1) is 17.0 Å². The molecule has 2 heterocycles. The molecule has 5 rings (SSSR count). The fourth-order valence-corrected chi connectivity index (χ4v) is 4.02. The molecule has 0 saturated heterocycles. The predicted molar refractivity (Wildman–Crippen MR) is 114 cm³/mol. The average Bonchev–Trinajstić information content (AvgIpc) is 3.31. The van der Waals surface area contributed by atoms with Gasteiger partial charge in [0.15, 0.2) is 11.6 Å². The number of hydrogen-bond donors (Lipinski definition) is 5. The standard InChI is InChI=1S/C22H19FN6O/c23-15-7-13-8-17(29-16(13)9-18(15)30)20(24)19-21(25)26-10-27-22(19)28-14-5-11-3-1-2-4-12(11)6-14/h1-4,7-10,14,24,29-30H,5-6H2,(H3,25,26,27,28). The Morgan fingerprint density at radius 1 is 1.17 bits per heavy atom. The number of aromatic hydroxyl groups is 1. The number of halogens is 1. The van der Waals surface area contributed by atoms with Gasteiger partial charge >= 0.3 is 0 Å². The lowest BCUT2D eigenvalue weighted by Gasteiger charge is -2.17. The fourth-order valence-electron chi connectivity index (χ4n) is 4.02. The number of nitrogens with two attached hydrogens (primary N) is 1. The number of anilines is 2. The smallest absolute Gasteiger partial charge is 0.165 e. The molecule has 2 aromatic carbocycles. The van der Waals surface area contributed by atoms with Crippen LogP contribution in [0.1, 0.15) is 22.4 Å². The second kappa shape index (κ2) is 6.84. The molecule has 1 aliphatic rings. The molecule has 4 aromatic rings. The monoisotopic (exact) mass is 402 g/mol. The summed E-state index contributed by atoms with van der Waals surface area (Å²) in [7, 11) is 0. The molecule has 0 saturated carbocycles. The average molecular weight is 402 g/mol. The van der Waals surface area contributed by atoms with E-state index in [1.54, 1.807) is 6.07 Å². The summed E-state index contributed by atoms with van der Waals surface area (Å²) < 4.78 is 13.7. The van der Waals surface area contributed by atoms with E-state index in [0.717, 1.165) is 12.8 Å². The summed E-state index contributed by atoms with van der Waals surface area (Å²) in [4.78, 5) is 11.4. The van der Waals surface area contributed by atoms with Crippen LogP contribution in [0.15, 0.2) is 48.8 Å². The maximum absolute atomic E-state index is 13.7. The molecule has 0 unspecified atom stereocenters. The topological polar surface area (TPSA) is 124 Å². The van der Waals surface area contributed by atoms with Crippen LogP contribution < -0.4 is 11.1 Å². The highest BCUT2D eigenvalue weighted by molar-refractivity contribution is 6.16. The first-order valence-electron chi connectivity index (χ1n) is 9.54. The molecule has 7 nitrogen and oxygen atoms in total. The van der Waals surface area contributed by atoms with Crippen LogP contribution in [0, 0.1) is 11.2 Å². The van der Waals surface area contributed by atoms with Gasteiger partial charge in [-0.25, -0.2) is 14.4 Å². The van der Waals surface area contributed by atoms with Crippen LogP contribution in [0.3, 0.4) is 0 Å². The van der Waals surface area contributed by atoms with Crippen LogP contribution in [-0.2, 0) is 12.8 Å². The Kier molecular flexibility index (Phi) is 4.13. The Labute approximate surface area is 171 Å². The molecule has 0 atom stereocenters. The quantitative estimate of drug-likeness (QED) is 0.335. The Balaban J connectivity index is 1.48. The molecule has 150 valence electrons. The highest BCUT2D eigenvalue weighted by atomic mass is 19.1. The number of rotatable bonds is 4. The fraction of sp³-hybridized carbons (Fsp3) is 0.136. The maximum atomic E-state index is 13.7. The van der Waals surface area contributed by atoms with Crippen molar-refractivity contribution in [3.8, 4) is 5.75 Å². The van der Waals surface area contributed by atoms with Gasteiger partial charge in [-0.15, -0.1) is 0 Å². The van der Waals surface area contributed by atoms with Gasteiger partial charge < -0.3 is 21.1 Å². The molecular weight excluding hydrogens is 383 g/mol. The zero-order chi connectivity index (χ0) is 20.8. The van der Waals surface area contributed by atoms with Crippen molar-refractivity contribution in [1.29, 1.82) is 5.41 Å². The first-order valence-corrected chi connectivity index (χ1v) is 9.54. The molecule has 0 aliphatic heterocycles. The van der Waals surface area contributed by atoms with E-state index in [0.29, 0.717) is 28.0 Å². The highest BCUT2D eigenvalue weighted by Crippen LogP contribution is 2.29. The Morgan fingerprint density at radius 3 is 2.63 bits per heavy atom. The number of aromatic nitrogens is 3. The van der Waals surface area contributed by atoms with Crippen LogP contribution in [0.4, 0.5) is 16.0 Å². The van der Waals surface area contributed by atoms with Crippen LogP contribution in [0.2, 0.25) is 0 Å². The van der Waals surface area contributed by atoms with Crippen molar-refractivity contribution in [3.63, 3.8) is 0 Å². The highest BCUT2D eigenvalue weighted by Gasteiger charge is 2.24. The van der Waals surface area contributed by atoms with Crippen molar-refractivity contribution in [1.82, 2.24) is 15.0 Å². The van der Waals surface area contributed by atoms with E-state index in [4.69, 9.17) is 11.1 Å². The van der Waals surface area contributed by atoms with Crippen molar-refractivity contribution in [2.45, 2.75) is 18.9 Å². The van der Waals surface area contributed by atoms with Gasteiger partial charge in [0.25, 0.3) is 0 Å². The molecular formula is C22H19FN6O. The molecule has 1 aliphatic carbocycles. The van der Waals surface area contributed by atoms with Gasteiger partial charge in [-0.3, -0.25) is 5.41 Å². The van der Waals surface area contributed by atoms with E-state index >= 15 is 0 Å². The number of nitrogens with one attached hydrogen (secondary N) is 3. The number of fused-ring (bicyclic) bond motifs is 2. The van der Waals surface area contributed by atoms with Gasteiger partial charge in [0, 0.05) is 23.0 Å². The minimum Gasteiger partial charge on any atom is -0.505 e. The number of hydrogen-bond acceptors (Lipinski definition) is 6. The summed E-state index contributed by atoms with van der Waals surface area (Å²) in [5.74, 6) is -0.503. The normalized spacial score (nSPS) is 13.5. The van der Waals surface area contributed by atoms with Crippen LogP contribution >= 0.6 is 0 Å². The SMILES string of the molecule is N=C(c1cc2cc(F)c(O)cc2[nH]1)c1c(N)ncnc1NC1Cc2ccccc2C1. The lowest BCUT2D eigenvalue weighted by molar-refractivity contribution is 0.433. The van der Waals surface area contributed by atoms with Crippen molar-refractivity contribution < 1.29 is 9.50 Å². The van der Waals surface area contributed by atoms with Crippen LogP contribution in [-0.4, -0.2) is 31.8 Å². The van der Waals surface area contributed by atoms with Gasteiger partial charge in [-0.2, -0.15) is 0 Å². The number of aromatic amines is 1. The minimum atomic E-state index is -0.717. The molecule has 0 bridgehead atoms. The third kappa shape index (κ3) is 3.02. The van der Waals surface area contributed by atoms with Crippen LogP contribution in [0.5, 0.6) is 5.75 Å². The number of nitrogens with zero attached hydrogens (tertiary/aromatic N) is 2. The second-order valence-corrected chi connectivity index (χ2v) is 7.45. The summed E-state index contributed by atoms with van der Waals surface area (Å²) in [6.07, 6.45) is 3.09. The minimum absolute atomic E-state index is 0.0854. The lowest BCUT2D eigenvalue weighted by Crippen LogP contribution is -2.23.